The number of aromatic nitrogens is 1. The number of nitrogens with zero attached hydrogens (tertiary/aromatic N) is 1. The van der Waals surface area contributed by atoms with Crippen molar-refractivity contribution in [2.45, 2.75) is 25.3 Å². The zero-order valence-electron chi connectivity index (χ0n) is 10.8. The van der Waals surface area contributed by atoms with Crippen LogP contribution < -0.4 is 5.32 Å². The number of ketones is 1. The van der Waals surface area contributed by atoms with Gasteiger partial charge in [0, 0.05) is 18.7 Å². The molecule has 19 heavy (non-hydrogen) atoms. The molecule has 1 N–H and O–H groups in total. The molecule has 100 valence electrons. The molecule has 0 saturated carbocycles. The normalized spacial score (nSPS) is 16.6. The van der Waals surface area contributed by atoms with Gasteiger partial charge in [-0.2, -0.15) is 0 Å². The van der Waals surface area contributed by atoms with Crippen LogP contribution in [0.2, 0.25) is 0 Å². The third-order valence-electron chi connectivity index (χ3n) is 3.71. The molecule has 1 aliphatic rings. The first-order chi connectivity index (χ1) is 9.34. The highest BCUT2D eigenvalue weighted by molar-refractivity contribution is 5.96. The van der Waals surface area contributed by atoms with E-state index in [2.05, 4.69) is 9.88 Å². The van der Waals surface area contributed by atoms with Gasteiger partial charge in [0.25, 0.3) is 0 Å². The zero-order chi connectivity index (χ0) is 13.1. The van der Waals surface area contributed by atoms with Crippen molar-refractivity contribution in [3.8, 4) is 0 Å². The summed E-state index contributed by atoms with van der Waals surface area (Å²) in [7, 11) is 0. The molecule has 0 radical (unpaired) electrons. The quantitative estimate of drug-likeness (QED) is 0.857. The summed E-state index contributed by atoms with van der Waals surface area (Å²) in [6.45, 7) is 2.05. The fourth-order valence-electron chi connectivity index (χ4n) is 2.70. The summed E-state index contributed by atoms with van der Waals surface area (Å²) in [5.41, 5.74) is 1.75. The highest BCUT2D eigenvalue weighted by atomic mass is 16.3. The van der Waals surface area contributed by atoms with Crippen molar-refractivity contribution in [2.24, 2.45) is 0 Å². The second-order valence-corrected chi connectivity index (χ2v) is 5.01. The van der Waals surface area contributed by atoms with E-state index in [9.17, 15) is 4.79 Å². The van der Waals surface area contributed by atoms with Crippen molar-refractivity contribution >= 4 is 5.78 Å². The number of carbonyl (C=O) groups is 1. The van der Waals surface area contributed by atoms with Crippen molar-refractivity contribution in [1.29, 1.82) is 0 Å². The lowest BCUT2D eigenvalue weighted by atomic mass is 10.0. The van der Waals surface area contributed by atoms with E-state index < -0.39 is 0 Å². The standard InChI is InChI=1S/C15H18N2O2/c18-15(10-12-5-9-19-11-12)14-2-1-8-17(14)13-3-6-16-7-4-13/h1-2,5,8-9,11,13,16H,3-4,6-7,10H2. The van der Waals surface area contributed by atoms with Gasteiger partial charge in [-0.3, -0.25) is 4.79 Å². The number of carbonyl (C=O) groups excluding carboxylic acids is 1. The highest BCUT2D eigenvalue weighted by Crippen LogP contribution is 2.22. The lowest BCUT2D eigenvalue weighted by Gasteiger charge is -2.25. The molecule has 1 aliphatic heterocycles. The molecule has 0 atom stereocenters. The van der Waals surface area contributed by atoms with Gasteiger partial charge in [-0.05, 0) is 49.7 Å². The largest absolute Gasteiger partial charge is 0.472 e. The minimum Gasteiger partial charge on any atom is -0.472 e. The van der Waals surface area contributed by atoms with E-state index >= 15 is 0 Å². The van der Waals surface area contributed by atoms with Crippen LogP contribution in [0, 0.1) is 0 Å². The van der Waals surface area contributed by atoms with Gasteiger partial charge < -0.3 is 14.3 Å². The van der Waals surface area contributed by atoms with E-state index in [1.807, 2.05) is 24.4 Å². The first kappa shape index (κ1) is 12.2. The lowest BCUT2D eigenvalue weighted by Crippen LogP contribution is -2.30. The Morgan fingerprint density at radius 2 is 2.21 bits per heavy atom. The van der Waals surface area contributed by atoms with Crippen LogP contribution >= 0.6 is 0 Å². The molecular formula is C15H18N2O2. The summed E-state index contributed by atoms with van der Waals surface area (Å²) < 4.78 is 7.15. The van der Waals surface area contributed by atoms with E-state index in [1.165, 1.54) is 0 Å². The third kappa shape index (κ3) is 2.63. The number of piperidine rings is 1. The average Bonchev–Trinajstić information content (AvgIpc) is 3.10. The second-order valence-electron chi connectivity index (χ2n) is 5.01. The number of nitrogens with one attached hydrogen (secondary N) is 1. The molecule has 4 nitrogen and oxygen atoms in total. The molecule has 0 amide bonds. The Balaban J connectivity index is 1.77. The van der Waals surface area contributed by atoms with Crippen molar-refractivity contribution in [2.75, 3.05) is 13.1 Å². The van der Waals surface area contributed by atoms with Crippen molar-refractivity contribution in [3.63, 3.8) is 0 Å². The monoisotopic (exact) mass is 258 g/mol. The fraction of sp³-hybridized carbons (Fsp3) is 0.400. The molecular weight excluding hydrogens is 240 g/mol. The van der Waals surface area contributed by atoms with E-state index in [1.54, 1.807) is 12.5 Å². The summed E-state index contributed by atoms with van der Waals surface area (Å²) in [6, 6.07) is 6.17. The predicted octanol–water partition coefficient (Wildman–Crippen LogP) is 2.43. The number of Topliss-reactive ketones (excluding diaryl/α,β-unsaturated/α-hetero) is 1. The summed E-state index contributed by atoms with van der Waals surface area (Å²) >= 11 is 0. The van der Waals surface area contributed by atoms with Crippen LogP contribution in [0.25, 0.3) is 0 Å². The Morgan fingerprint density at radius 1 is 1.37 bits per heavy atom. The Morgan fingerprint density at radius 3 is 2.95 bits per heavy atom. The first-order valence-corrected chi connectivity index (χ1v) is 6.76. The van der Waals surface area contributed by atoms with Gasteiger partial charge in [0.2, 0.25) is 0 Å². The van der Waals surface area contributed by atoms with E-state index in [0.717, 1.165) is 37.2 Å². The van der Waals surface area contributed by atoms with Crippen LogP contribution in [0.15, 0.2) is 41.3 Å². The molecule has 3 rings (SSSR count). The van der Waals surface area contributed by atoms with Gasteiger partial charge in [-0.1, -0.05) is 0 Å². The Bertz CT molecular complexity index is 536. The molecule has 1 saturated heterocycles. The second kappa shape index (κ2) is 5.45. The van der Waals surface area contributed by atoms with Gasteiger partial charge in [0.1, 0.15) is 0 Å². The van der Waals surface area contributed by atoms with Crippen LogP contribution in [-0.2, 0) is 6.42 Å². The Kier molecular flexibility index (Phi) is 3.51. The van der Waals surface area contributed by atoms with Gasteiger partial charge in [-0.25, -0.2) is 0 Å². The maximum atomic E-state index is 12.4. The number of hydrogen-bond acceptors (Lipinski definition) is 3. The van der Waals surface area contributed by atoms with E-state index in [0.29, 0.717) is 12.5 Å². The molecule has 0 spiro atoms. The van der Waals surface area contributed by atoms with Gasteiger partial charge in [0.05, 0.1) is 18.2 Å². The Hall–Kier alpha value is -1.81. The van der Waals surface area contributed by atoms with Crippen LogP contribution in [-0.4, -0.2) is 23.4 Å². The maximum absolute atomic E-state index is 12.4. The molecule has 0 aliphatic carbocycles. The first-order valence-electron chi connectivity index (χ1n) is 6.76. The van der Waals surface area contributed by atoms with Crippen molar-refractivity contribution in [3.05, 3.63) is 48.2 Å². The van der Waals surface area contributed by atoms with Gasteiger partial charge in [-0.15, -0.1) is 0 Å². The van der Waals surface area contributed by atoms with Crippen molar-refractivity contribution < 1.29 is 9.21 Å². The van der Waals surface area contributed by atoms with E-state index in [4.69, 9.17) is 4.42 Å². The minimum absolute atomic E-state index is 0.157. The van der Waals surface area contributed by atoms with Crippen LogP contribution in [0.4, 0.5) is 0 Å². The van der Waals surface area contributed by atoms with E-state index in [-0.39, 0.29) is 5.78 Å². The molecule has 4 heteroatoms. The Labute approximate surface area is 112 Å². The summed E-state index contributed by atoms with van der Waals surface area (Å²) in [6.07, 6.45) is 7.84. The smallest absolute Gasteiger partial charge is 0.183 e. The minimum atomic E-state index is 0.157. The topological polar surface area (TPSA) is 47.2 Å². The lowest BCUT2D eigenvalue weighted by molar-refractivity contribution is 0.0980. The van der Waals surface area contributed by atoms with Crippen LogP contribution in [0.5, 0.6) is 0 Å². The number of rotatable bonds is 4. The molecule has 0 unspecified atom stereocenters. The van der Waals surface area contributed by atoms with Crippen LogP contribution in [0.1, 0.15) is 34.9 Å². The maximum Gasteiger partial charge on any atom is 0.183 e. The predicted molar refractivity (Wildman–Crippen MR) is 72.3 cm³/mol. The van der Waals surface area contributed by atoms with Crippen molar-refractivity contribution in [1.82, 2.24) is 9.88 Å². The highest BCUT2D eigenvalue weighted by Gasteiger charge is 2.20. The molecule has 0 aromatic carbocycles. The number of hydrogen-bond donors (Lipinski definition) is 1. The molecule has 0 bridgehead atoms. The van der Waals surface area contributed by atoms with Gasteiger partial charge in [0.15, 0.2) is 5.78 Å². The summed E-state index contributed by atoms with van der Waals surface area (Å²) in [4.78, 5) is 12.4. The van der Waals surface area contributed by atoms with Gasteiger partial charge >= 0.3 is 0 Å². The SMILES string of the molecule is O=C(Cc1ccoc1)c1cccn1C1CCNCC1. The fourth-order valence-corrected chi connectivity index (χ4v) is 2.70. The number of furan rings is 1. The molecule has 1 fully saturated rings. The summed E-state index contributed by atoms with van der Waals surface area (Å²) in [5, 5.41) is 3.35. The molecule has 3 heterocycles. The molecule has 2 aromatic heterocycles. The summed E-state index contributed by atoms with van der Waals surface area (Å²) in [5.74, 6) is 0.157. The average molecular weight is 258 g/mol. The van der Waals surface area contributed by atoms with Crippen LogP contribution in [0.3, 0.4) is 0 Å². The zero-order valence-corrected chi connectivity index (χ0v) is 10.8. The molecule has 2 aromatic rings. The third-order valence-corrected chi connectivity index (χ3v) is 3.71.